The van der Waals surface area contributed by atoms with Gasteiger partial charge in [0, 0.05) is 22.6 Å². The molecule has 0 aliphatic heterocycles. The normalized spacial score (nSPS) is 11.3. The largest absolute Gasteiger partial charge is 0.378 e. The number of halogens is 2. The minimum absolute atomic E-state index is 0.0415. The molecule has 0 atom stereocenters. The van der Waals surface area contributed by atoms with Crippen molar-refractivity contribution in [3.05, 3.63) is 68.3 Å². The first-order chi connectivity index (χ1) is 12.3. The van der Waals surface area contributed by atoms with Gasteiger partial charge in [0.05, 0.1) is 16.1 Å². The van der Waals surface area contributed by atoms with Crippen molar-refractivity contribution in [1.82, 2.24) is 4.98 Å². The summed E-state index contributed by atoms with van der Waals surface area (Å²) in [5.74, 6) is -0.0517. The molecule has 2 aromatic heterocycles. The molecule has 0 radical (unpaired) electrons. The lowest BCUT2D eigenvalue weighted by atomic mass is 10.1. The van der Waals surface area contributed by atoms with E-state index in [1.54, 1.807) is 17.5 Å². The zero-order chi connectivity index (χ0) is 18.9. The van der Waals surface area contributed by atoms with Crippen LogP contribution in [0.3, 0.4) is 0 Å². The zero-order valence-electron chi connectivity index (χ0n) is 12.6. The van der Waals surface area contributed by atoms with Gasteiger partial charge in [-0.25, -0.2) is 4.98 Å². The molecule has 3 rings (SSSR count). The second-order valence-electron chi connectivity index (χ2n) is 4.90. The Balaban J connectivity index is 2.06. The molecular weight excluding hydrogens is 423 g/mol. The summed E-state index contributed by atoms with van der Waals surface area (Å²) >= 11 is 12.8. The molecule has 0 amide bonds. The molecule has 3 aromatic rings. The third-order valence-corrected chi connectivity index (χ3v) is 6.01. The number of rotatable bonds is 5. The van der Waals surface area contributed by atoms with Crippen LogP contribution in [0.25, 0.3) is 10.4 Å². The van der Waals surface area contributed by atoms with Gasteiger partial charge in [-0.1, -0.05) is 29.3 Å². The fraction of sp³-hybridized carbons (Fsp3) is 0. The third kappa shape index (κ3) is 3.80. The number of pyridine rings is 1. The molecule has 0 saturated carbocycles. The fourth-order valence-corrected chi connectivity index (χ4v) is 4.04. The van der Waals surface area contributed by atoms with Gasteiger partial charge in [-0.3, -0.25) is 10.1 Å². The Labute approximate surface area is 162 Å². The molecule has 0 aliphatic carbocycles. The maximum Gasteiger partial charge on any atom is 0.340 e. The number of benzene rings is 1. The lowest BCUT2D eigenvalue weighted by molar-refractivity contribution is -0.384. The topological polar surface area (TPSA) is 99.4 Å². The Morgan fingerprint density at radius 3 is 2.58 bits per heavy atom. The first-order valence-corrected chi connectivity index (χ1v) is 9.90. The number of hydrogen-bond donors (Lipinski definition) is 0. The Morgan fingerprint density at radius 1 is 1.19 bits per heavy atom. The van der Waals surface area contributed by atoms with E-state index in [0.29, 0.717) is 4.88 Å². The van der Waals surface area contributed by atoms with Crippen LogP contribution < -0.4 is 4.18 Å². The highest BCUT2D eigenvalue weighted by atomic mass is 35.5. The summed E-state index contributed by atoms with van der Waals surface area (Å²) in [6.45, 7) is 0. The fourth-order valence-electron chi connectivity index (χ4n) is 2.04. The average Bonchev–Trinajstić information content (AvgIpc) is 3.11. The van der Waals surface area contributed by atoms with Gasteiger partial charge < -0.3 is 4.18 Å². The molecule has 1 aromatic carbocycles. The van der Waals surface area contributed by atoms with Crippen LogP contribution in [0.4, 0.5) is 5.69 Å². The van der Waals surface area contributed by atoms with Gasteiger partial charge in [-0.2, -0.15) is 8.42 Å². The molecule has 11 heteroatoms. The van der Waals surface area contributed by atoms with Crippen molar-refractivity contribution in [1.29, 1.82) is 0 Å². The van der Waals surface area contributed by atoms with Crippen LogP contribution in [0.15, 0.2) is 52.9 Å². The van der Waals surface area contributed by atoms with Crippen molar-refractivity contribution in [2.75, 3.05) is 0 Å². The predicted octanol–water partition coefficient (Wildman–Crippen LogP) is 4.79. The second-order valence-corrected chi connectivity index (χ2v) is 8.16. The van der Waals surface area contributed by atoms with Crippen LogP contribution in [0.2, 0.25) is 10.2 Å². The number of nitro benzene ring substituents is 1. The Kier molecular flexibility index (Phi) is 5.15. The molecule has 0 bridgehead atoms. The van der Waals surface area contributed by atoms with E-state index in [1.807, 2.05) is 0 Å². The summed E-state index contributed by atoms with van der Waals surface area (Å²) in [5.41, 5.74) is 0.0974. The van der Waals surface area contributed by atoms with Crippen LogP contribution in [0.5, 0.6) is 5.75 Å². The van der Waals surface area contributed by atoms with Gasteiger partial charge in [0.25, 0.3) is 5.69 Å². The van der Waals surface area contributed by atoms with Gasteiger partial charge in [-0.15, -0.1) is 11.3 Å². The number of hydrogen-bond acceptors (Lipinski definition) is 7. The summed E-state index contributed by atoms with van der Waals surface area (Å²) in [6, 6.07) is 8.20. The maximum atomic E-state index is 12.5. The minimum atomic E-state index is -4.27. The SMILES string of the molecule is O=[N+]([O-])c1ccc(OS(=O)(=O)c2cnc(Cl)c(Cl)c2)c(-c2cccs2)c1. The first kappa shape index (κ1) is 18.6. The smallest absolute Gasteiger partial charge is 0.340 e. The van der Waals surface area contributed by atoms with Crippen molar-refractivity contribution in [3.8, 4) is 16.2 Å². The number of aromatic nitrogens is 1. The molecule has 0 aliphatic rings. The van der Waals surface area contributed by atoms with Crippen LogP contribution in [-0.4, -0.2) is 18.3 Å². The molecule has 26 heavy (non-hydrogen) atoms. The number of thiophene rings is 1. The molecule has 0 spiro atoms. The molecule has 0 unspecified atom stereocenters. The number of nitrogens with zero attached hydrogens (tertiary/aromatic N) is 2. The van der Waals surface area contributed by atoms with E-state index in [9.17, 15) is 18.5 Å². The first-order valence-electron chi connectivity index (χ1n) is 6.86. The summed E-state index contributed by atoms with van der Waals surface area (Å²) in [5, 5.41) is 12.7. The van der Waals surface area contributed by atoms with E-state index in [0.717, 1.165) is 18.3 Å². The van der Waals surface area contributed by atoms with Gasteiger partial charge in [0.1, 0.15) is 10.0 Å². The monoisotopic (exact) mass is 430 g/mol. The van der Waals surface area contributed by atoms with Gasteiger partial charge in [0.2, 0.25) is 0 Å². The maximum absolute atomic E-state index is 12.5. The molecule has 0 N–H and O–H groups in total. The van der Waals surface area contributed by atoms with Gasteiger partial charge in [-0.05, 0) is 23.6 Å². The van der Waals surface area contributed by atoms with E-state index in [4.69, 9.17) is 27.4 Å². The van der Waals surface area contributed by atoms with Gasteiger partial charge in [0.15, 0.2) is 5.75 Å². The van der Waals surface area contributed by atoms with E-state index in [2.05, 4.69) is 4.98 Å². The minimum Gasteiger partial charge on any atom is -0.378 e. The Bertz CT molecular complexity index is 1090. The summed E-state index contributed by atoms with van der Waals surface area (Å²) < 4.78 is 30.2. The Hall–Kier alpha value is -2.20. The van der Waals surface area contributed by atoms with Crippen LogP contribution in [0, 0.1) is 10.1 Å². The predicted molar refractivity (Wildman–Crippen MR) is 98.5 cm³/mol. The lowest BCUT2D eigenvalue weighted by Gasteiger charge is -2.11. The number of non-ortho nitro benzene ring substituents is 1. The summed E-state index contributed by atoms with van der Waals surface area (Å²) in [4.78, 5) is 14.5. The van der Waals surface area contributed by atoms with Crippen LogP contribution >= 0.6 is 34.5 Å². The van der Waals surface area contributed by atoms with Crippen molar-refractivity contribution in [2.24, 2.45) is 0 Å². The van der Waals surface area contributed by atoms with Crippen molar-refractivity contribution >= 4 is 50.3 Å². The van der Waals surface area contributed by atoms with Crippen LogP contribution in [-0.2, 0) is 10.1 Å². The molecule has 7 nitrogen and oxygen atoms in total. The molecule has 2 heterocycles. The van der Waals surface area contributed by atoms with E-state index >= 15 is 0 Å². The van der Waals surface area contributed by atoms with Crippen molar-refractivity contribution in [2.45, 2.75) is 4.90 Å². The highest BCUT2D eigenvalue weighted by molar-refractivity contribution is 7.87. The van der Waals surface area contributed by atoms with Gasteiger partial charge >= 0.3 is 10.1 Å². The van der Waals surface area contributed by atoms with E-state index in [-0.39, 0.29) is 32.1 Å². The Morgan fingerprint density at radius 2 is 1.96 bits per heavy atom. The number of nitro groups is 1. The molecule has 0 fully saturated rings. The average molecular weight is 431 g/mol. The van der Waals surface area contributed by atoms with E-state index in [1.165, 1.54) is 23.5 Å². The summed E-state index contributed by atoms with van der Waals surface area (Å²) in [7, 11) is -4.27. The van der Waals surface area contributed by atoms with Crippen molar-refractivity contribution < 1.29 is 17.5 Å². The van der Waals surface area contributed by atoms with Crippen molar-refractivity contribution in [3.63, 3.8) is 0 Å². The van der Waals surface area contributed by atoms with E-state index < -0.39 is 15.0 Å². The third-order valence-electron chi connectivity index (χ3n) is 3.22. The highest BCUT2D eigenvalue weighted by Gasteiger charge is 2.23. The molecular formula is C15H8Cl2N2O5S2. The molecule has 134 valence electrons. The highest BCUT2D eigenvalue weighted by Crippen LogP contribution is 2.37. The quantitative estimate of drug-likeness (QED) is 0.249. The standard InChI is InChI=1S/C15H8Cl2N2O5S2/c16-12-7-10(8-18-15(12)17)26(22,23)24-13-4-3-9(19(20)21)6-11(13)14-2-1-5-25-14/h1-8H. The zero-order valence-corrected chi connectivity index (χ0v) is 15.8. The lowest BCUT2D eigenvalue weighted by Crippen LogP contribution is -2.11. The second kappa shape index (κ2) is 7.20. The summed E-state index contributed by atoms with van der Waals surface area (Å²) in [6.07, 6.45) is 1.01. The molecule has 0 saturated heterocycles. The van der Waals surface area contributed by atoms with Crippen LogP contribution in [0.1, 0.15) is 0 Å².